The number of carbonyl (C=O) groups is 1. The lowest BCUT2D eigenvalue weighted by Gasteiger charge is -2.20. The number of carbonyl (C=O) groups excluding carboxylic acids is 1. The number of aromatic nitrogens is 1. The number of amides is 1. The van der Waals surface area contributed by atoms with Gasteiger partial charge in [0.05, 0.1) is 12.1 Å². The highest BCUT2D eigenvalue weighted by atomic mass is 16.5. The van der Waals surface area contributed by atoms with Crippen LogP contribution in [0, 0.1) is 6.92 Å². The van der Waals surface area contributed by atoms with Gasteiger partial charge in [-0.3, -0.25) is 9.69 Å². The molecule has 1 fully saturated rings. The van der Waals surface area contributed by atoms with E-state index >= 15 is 0 Å². The van der Waals surface area contributed by atoms with E-state index in [0.29, 0.717) is 17.4 Å². The molecule has 1 aromatic heterocycles. The minimum atomic E-state index is -0.0887. The highest BCUT2D eigenvalue weighted by molar-refractivity contribution is 5.95. The second-order valence-electron chi connectivity index (χ2n) is 7.36. The van der Waals surface area contributed by atoms with Crippen LogP contribution in [0.25, 0.3) is 11.1 Å². The van der Waals surface area contributed by atoms with Crippen LogP contribution in [0.4, 0.5) is 5.82 Å². The van der Waals surface area contributed by atoms with Crippen LogP contribution in [0.2, 0.25) is 0 Å². The number of methoxy groups -OCH3 is 1. The Bertz CT molecular complexity index is 804. The monoisotopic (exact) mass is 368 g/mol. The number of benzene rings is 1. The van der Waals surface area contributed by atoms with Crippen LogP contribution >= 0.6 is 0 Å². The molecule has 3 rings (SSSR count). The number of likely N-dealkylation sites (tertiary alicyclic amines) is 1. The van der Waals surface area contributed by atoms with Crippen LogP contribution < -0.4 is 11.1 Å². The molecule has 3 N–H and O–H groups in total. The molecule has 0 spiro atoms. The summed E-state index contributed by atoms with van der Waals surface area (Å²) < 4.78 is 5.56. The van der Waals surface area contributed by atoms with E-state index in [-0.39, 0.29) is 18.1 Å². The molecule has 2 heterocycles. The number of hydrogen-bond donors (Lipinski definition) is 2. The average molecular weight is 368 g/mol. The molecular weight excluding hydrogens is 340 g/mol. The Morgan fingerprint density at radius 2 is 1.93 bits per heavy atom. The molecule has 1 aliphatic heterocycles. The van der Waals surface area contributed by atoms with Gasteiger partial charge in [-0.15, -0.1) is 0 Å². The lowest BCUT2D eigenvalue weighted by Crippen LogP contribution is -2.43. The third-order valence-electron chi connectivity index (χ3n) is 5.17. The fourth-order valence-corrected chi connectivity index (χ4v) is 3.48. The van der Waals surface area contributed by atoms with Gasteiger partial charge >= 0.3 is 0 Å². The third-order valence-corrected chi connectivity index (χ3v) is 5.17. The van der Waals surface area contributed by atoms with Crippen LogP contribution in [0.5, 0.6) is 0 Å². The largest absolute Gasteiger partial charge is 0.383 e. The van der Waals surface area contributed by atoms with Crippen molar-refractivity contribution in [2.75, 3.05) is 25.9 Å². The number of pyridine rings is 1. The van der Waals surface area contributed by atoms with E-state index in [4.69, 9.17) is 10.5 Å². The van der Waals surface area contributed by atoms with Crippen LogP contribution in [-0.4, -0.2) is 54.2 Å². The minimum absolute atomic E-state index is 0.00838. The van der Waals surface area contributed by atoms with Crippen molar-refractivity contribution in [3.8, 4) is 11.1 Å². The van der Waals surface area contributed by atoms with Gasteiger partial charge in [-0.2, -0.15) is 0 Å². The lowest BCUT2D eigenvalue weighted by atomic mass is 10.0. The van der Waals surface area contributed by atoms with Gasteiger partial charge in [0.1, 0.15) is 5.82 Å². The van der Waals surface area contributed by atoms with Gasteiger partial charge < -0.3 is 15.8 Å². The number of hydrogen-bond acceptors (Lipinski definition) is 5. The maximum absolute atomic E-state index is 12.7. The summed E-state index contributed by atoms with van der Waals surface area (Å²) in [5, 5.41) is 3.12. The van der Waals surface area contributed by atoms with Crippen molar-refractivity contribution in [1.82, 2.24) is 15.2 Å². The molecule has 6 nitrogen and oxygen atoms in total. The van der Waals surface area contributed by atoms with Crippen molar-refractivity contribution in [3.05, 3.63) is 47.7 Å². The Labute approximate surface area is 160 Å². The summed E-state index contributed by atoms with van der Waals surface area (Å²) in [7, 11) is 1.70. The fourth-order valence-electron chi connectivity index (χ4n) is 3.48. The number of nitrogens with one attached hydrogen (secondary N) is 1. The van der Waals surface area contributed by atoms with Gasteiger partial charge in [-0.05, 0) is 50.6 Å². The third kappa shape index (κ3) is 4.28. The van der Waals surface area contributed by atoms with Crippen LogP contribution in [-0.2, 0) is 4.74 Å². The van der Waals surface area contributed by atoms with E-state index in [1.54, 1.807) is 7.11 Å². The van der Waals surface area contributed by atoms with Crippen LogP contribution in [0.3, 0.4) is 0 Å². The molecule has 144 valence electrons. The second-order valence-corrected chi connectivity index (χ2v) is 7.36. The summed E-state index contributed by atoms with van der Waals surface area (Å²) in [5.41, 5.74) is 9.33. The van der Waals surface area contributed by atoms with Crippen molar-refractivity contribution in [1.29, 1.82) is 0 Å². The van der Waals surface area contributed by atoms with E-state index in [0.717, 1.165) is 29.9 Å². The van der Waals surface area contributed by atoms with Crippen molar-refractivity contribution in [2.45, 2.75) is 39.0 Å². The highest BCUT2D eigenvalue weighted by Crippen LogP contribution is 2.25. The molecule has 2 atom stereocenters. The topological polar surface area (TPSA) is 80.5 Å². The maximum atomic E-state index is 12.7. The standard InChI is InChI=1S/C21H28N4O2/c1-13(2)25-11-18(19(12-25)27-4)24-21(26)16-8-6-15(7-9-16)17-10-5-14(3)23-20(17)22/h5-10,13,18-19H,11-12H2,1-4H3,(H2,22,23)(H,24,26). The normalized spacial score (nSPS) is 20.2. The van der Waals surface area contributed by atoms with Gasteiger partial charge in [0.25, 0.3) is 5.91 Å². The number of nitrogens with zero attached hydrogens (tertiary/aromatic N) is 2. The predicted octanol–water partition coefficient (Wildman–Crippen LogP) is 2.48. The summed E-state index contributed by atoms with van der Waals surface area (Å²) in [4.78, 5) is 19.3. The van der Waals surface area contributed by atoms with E-state index in [1.165, 1.54) is 0 Å². The summed E-state index contributed by atoms with van der Waals surface area (Å²) in [6, 6.07) is 11.7. The molecule has 1 aromatic carbocycles. The zero-order valence-corrected chi connectivity index (χ0v) is 16.4. The van der Waals surface area contributed by atoms with Crippen molar-refractivity contribution in [3.63, 3.8) is 0 Å². The second kappa shape index (κ2) is 8.06. The first-order valence-corrected chi connectivity index (χ1v) is 9.30. The Hall–Kier alpha value is -2.44. The molecule has 1 amide bonds. The molecule has 27 heavy (non-hydrogen) atoms. The number of anilines is 1. The minimum Gasteiger partial charge on any atom is -0.383 e. The first-order valence-electron chi connectivity index (χ1n) is 9.30. The summed E-state index contributed by atoms with van der Waals surface area (Å²) in [6.45, 7) is 7.84. The van der Waals surface area contributed by atoms with E-state index in [1.807, 2.05) is 43.3 Å². The van der Waals surface area contributed by atoms with Crippen molar-refractivity contribution in [2.24, 2.45) is 0 Å². The molecule has 0 aliphatic carbocycles. The number of aryl methyl sites for hydroxylation is 1. The molecular formula is C21H28N4O2. The van der Waals surface area contributed by atoms with Gasteiger partial charge in [0, 0.05) is 43.1 Å². The highest BCUT2D eigenvalue weighted by Gasteiger charge is 2.35. The van der Waals surface area contributed by atoms with Gasteiger partial charge in [0.15, 0.2) is 0 Å². The summed E-state index contributed by atoms with van der Waals surface area (Å²) >= 11 is 0. The van der Waals surface area contributed by atoms with E-state index in [2.05, 4.69) is 29.0 Å². The summed E-state index contributed by atoms with van der Waals surface area (Å²) in [5.74, 6) is 0.407. The smallest absolute Gasteiger partial charge is 0.251 e. The average Bonchev–Trinajstić information content (AvgIpc) is 3.05. The van der Waals surface area contributed by atoms with Crippen molar-refractivity contribution < 1.29 is 9.53 Å². The van der Waals surface area contributed by atoms with Gasteiger partial charge in [-0.25, -0.2) is 4.98 Å². The van der Waals surface area contributed by atoms with Crippen LogP contribution in [0.15, 0.2) is 36.4 Å². The number of rotatable bonds is 5. The Morgan fingerprint density at radius 1 is 1.22 bits per heavy atom. The molecule has 0 bridgehead atoms. The molecule has 2 unspecified atom stereocenters. The first kappa shape index (κ1) is 19.3. The molecule has 6 heteroatoms. The molecule has 0 saturated carbocycles. The van der Waals surface area contributed by atoms with Crippen LogP contribution in [0.1, 0.15) is 29.9 Å². The zero-order valence-electron chi connectivity index (χ0n) is 16.4. The van der Waals surface area contributed by atoms with Crippen molar-refractivity contribution >= 4 is 11.7 Å². The van der Waals surface area contributed by atoms with E-state index in [9.17, 15) is 4.79 Å². The summed E-state index contributed by atoms with van der Waals surface area (Å²) in [6.07, 6.45) is 0.00838. The molecule has 0 radical (unpaired) electrons. The predicted molar refractivity (Wildman–Crippen MR) is 108 cm³/mol. The zero-order chi connectivity index (χ0) is 19.6. The Kier molecular flexibility index (Phi) is 5.77. The van der Waals surface area contributed by atoms with Gasteiger partial charge in [-0.1, -0.05) is 12.1 Å². The number of nitrogen functional groups attached to an aromatic ring is 1. The first-order chi connectivity index (χ1) is 12.9. The lowest BCUT2D eigenvalue weighted by molar-refractivity contribution is 0.0753. The fraction of sp³-hybridized carbons (Fsp3) is 0.429. The van der Waals surface area contributed by atoms with E-state index < -0.39 is 0 Å². The maximum Gasteiger partial charge on any atom is 0.251 e. The Balaban J connectivity index is 1.70. The quantitative estimate of drug-likeness (QED) is 0.847. The molecule has 2 aromatic rings. The molecule has 1 saturated heterocycles. The number of nitrogens with two attached hydrogens (primary N) is 1. The Morgan fingerprint density at radius 3 is 2.52 bits per heavy atom. The SMILES string of the molecule is COC1CN(C(C)C)CC1NC(=O)c1ccc(-c2ccc(C)nc2N)cc1. The number of ether oxygens (including phenoxy) is 1. The van der Waals surface area contributed by atoms with Gasteiger partial charge in [0.2, 0.25) is 0 Å². The molecule has 1 aliphatic rings.